The van der Waals surface area contributed by atoms with Gasteiger partial charge in [0.25, 0.3) is 0 Å². The van der Waals surface area contributed by atoms with Crippen LogP contribution in [0.2, 0.25) is 19.6 Å². The van der Waals surface area contributed by atoms with Crippen LogP contribution < -0.4 is 11.1 Å². The SMILES string of the molecule is CC.CC(C)(C)OC(=O)N1CC=C(O[Si](C)(C)C)CC1.CC(C)(C)OC(=O)N1CCC(=O)C(C(F)(F)F)C1.CC(C)(C)OC(=O)N1CCC(=O)CC1.CC(C)(C)OC(=O)N1CC[C@H](N)[C@H](C(F)(F)F)C1.C[C@@H](N=C1CCN(C(=O)OC(C)(C)C)CC1C(F)(F)F)c1ccccc1.C[C@@H](N[C@H]1CCN(C(=O)OC(C)(C)C)C[C@H]1C(F)(F)F)c1ccccc1. The van der Waals surface area contributed by atoms with Gasteiger partial charge in [0.1, 0.15) is 57.0 Å². The van der Waals surface area contributed by atoms with E-state index < -0.39 is 159 Å². The van der Waals surface area contributed by atoms with Crippen molar-refractivity contribution in [3.05, 3.63) is 83.6 Å². The van der Waals surface area contributed by atoms with Gasteiger partial charge >= 0.3 is 61.3 Å². The van der Waals surface area contributed by atoms with Gasteiger partial charge in [-0.15, -0.1) is 0 Å². The van der Waals surface area contributed by atoms with E-state index in [0.717, 1.165) is 42.9 Å². The summed E-state index contributed by atoms with van der Waals surface area (Å²) < 4.78 is 194. The number of likely N-dealkylation sites (tertiary alicyclic amines) is 5. The lowest BCUT2D eigenvalue weighted by Crippen LogP contribution is -2.56. The Morgan fingerprint density at radius 2 is 0.762 bits per heavy atom. The number of nitrogens with zero attached hydrogens (tertiary/aromatic N) is 7. The van der Waals surface area contributed by atoms with Gasteiger partial charge in [-0.05, 0) is 188 Å². The average molecular weight is 1780 g/mol. The van der Waals surface area contributed by atoms with E-state index in [1.807, 2.05) is 129 Å². The van der Waals surface area contributed by atoms with Gasteiger partial charge in [0.2, 0.25) is 8.32 Å². The molecule has 0 bridgehead atoms. The summed E-state index contributed by atoms with van der Waals surface area (Å²) in [6, 6.07) is 16.3. The first-order valence-electron chi connectivity index (χ1n) is 41.2. The fraction of sp³-hybridized carbons (Fsp3) is 0.729. The number of Topliss-reactive ketones (excluding diaryl/α,β-unsaturated/α-hetero) is 2. The van der Waals surface area contributed by atoms with E-state index >= 15 is 0 Å². The third-order valence-electron chi connectivity index (χ3n) is 18.0. The number of amides is 6. The molecule has 0 radical (unpaired) electrons. The lowest BCUT2D eigenvalue weighted by molar-refractivity contribution is -0.193. The zero-order valence-electron chi connectivity index (χ0n) is 75.8. The number of benzene rings is 2. The minimum Gasteiger partial charge on any atom is -0.547 e. The number of halogens is 12. The molecule has 2 unspecified atom stereocenters. The molecule has 6 heterocycles. The summed E-state index contributed by atoms with van der Waals surface area (Å²) in [6.45, 7) is 46.1. The molecule has 698 valence electrons. The van der Waals surface area contributed by atoms with Crippen molar-refractivity contribution in [1.29, 1.82) is 0 Å². The molecule has 8 atom stereocenters. The second-order valence-corrected chi connectivity index (χ2v) is 41.5. The molecule has 8 rings (SSSR count). The molecule has 6 aliphatic rings. The Kier molecular flexibility index (Phi) is 41.7. The highest BCUT2D eigenvalue weighted by Crippen LogP contribution is 2.39. The number of ketones is 2. The smallest absolute Gasteiger partial charge is 0.410 e. The Morgan fingerprint density at radius 1 is 0.426 bits per heavy atom. The van der Waals surface area contributed by atoms with Gasteiger partial charge in [-0.25, -0.2) is 28.8 Å². The molecule has 37 heteroatoms. The Morgan fingerprint density at radius 3 is 1.13 bits per heavy atom. The van der Waals surface area contributed by atoms with Crippen molar-refractivity contribution in [2.24, 2.45) is 34.4 Å². The highest BCUT2D eigenvalue weighted by molar-refractivity contribution is 6.70. The molecule has 3 N–H and O–H groups in total. The summed E-state index contributed by atoms with van der Waals surface area (Å²) >= 11 is 0. The topological polar surface area (TPSA) is 271 Å². The standard InChI is InChI=1S/C19H27F3N2O2.C19H25F3N2O2.C13H25NO3Si.C11H19F3N2O2.C11H16F3NO3.C10H17NO3.C2H6/c2*1-13(14-8-6-5-7-9-14)23-16-10-11-24(12-15(16)19(20,21)22)17(25)26-18(2,3)4;1-13(2,3)16-12(15)14-9-7-11(8-10-14)17-18(4,5)6;1-10(2,3)18-9(17)16-5-4-8(15)7(6-16)11(12,13)14;1-10(2,3)18-9(17)15-5-4-8(16)7(6-15)11(12,13)14;1-10(2,3)14-9(13)11-6-4-8(12)5-7-11;1-2/h5-9,13,15-16,23H,10-12H2,1-4H3;5-9,13,15H,10-12H2,1-4H3;7H,8-10H2,1-6H3;7-8H,4-6,15H2,1-3H3;7H,4-6H2,1-3H3;4-7H2,1-3H3;1-2H3/t13-,15-,16+;13-,15?;;7-,8+;;;/m11.1.../s1. The first-order valence-corrected chi connectivity index (χ1v) is 44.6. The summed E-state index contributed by atoms with van der Waals surface area (Å²) in [5.41, 5.74) is 3.47. The largest absolute Gasteiger partial charge is 0.547 e. The van der Waals surface area contributed by atoms with Crippen molar-refractivity contribution in [1.82, 2.24) is 34.7 Å². The van der Waals surface area contributed by atoms with Crippen LogP contribution in [-0.4, -0.2) is 240 Å². The molecular formula is C85H135F12N9O15Si. The number of nitrogens with one attached hydrogen (secondary N) is 1. The molecule has 0 aromatic heterocycles. The number of aliphatic imine (C=N–C) groups is 1. The van der Waals surface area contributed by atoms with E-state index in [0.29, 0.717) is 39.0 Å². The number of ether oxygens (including phenoxy) is 6. The summed E-state index contributed by atoms with van der Waals surface area (Å²) in [6.07, 6.45) is -17.5. The number of alkyl halides is 12. The average Bonchev–Trinajstić information content (AvgIpc) is 0.776. The van der Waals surface area contributed by atoms with Crippen LogP contribution in [-0.2, 0) is 42.4 Å². The molecule has 0 aliphatic carbocycles. The Hall–Kier alpha value is -8.09. The van der Waals surface area contributed by atoms with Crippen molar-refractivity contribution in [2.75, 3.05) is 78.5 Å². The molecule has 2 aromatic carbocycles. The van der Waals surface area contributed by atoms with Crippen LogP contribution in [0.1, 0.15) is 220 Å². The van der Waals surface area contributed by atoms with Crippen LogP contribution >= 0.6 is 0 Å². The lowest BCUT2D eigenvalue weighted by atomic mass is 9.90. The van der Waals surface area contributed by atoms with Crippen LogP contribution in [0.25, 0.3) is 0 Å². The van der Waals surface area contributed by atoms with Crippen molar-refractivity contribution in [3.63, 3.8) is 0 Å². The highest BCUT2D eigenvalue weighted by Gasteiger charge is 2.52. The second kappa shape index (κ2) is 46.2. The zero-order chi connectivity index (χ0) is 94.1. The Bertz CT molecular complexity index is 3680. The highest BCUT2D eigenvalue weighted by atomic mass is 28.4. The molecule has 0 spiro atoms. The predicted molar refractivity (Wildman–Crippen MR) is 443 cm³/mol. The van der Waals surface area contributed by atoms with E-state index in [9.17, 15) is 91.0 Å². The van der Waals surface area contributed by atoms with Crippen molar-refractivity contribution in [3.8, 4) is 0 Å². The summed E-state index contributed by atoms with van der Waals surface area (Å²) in [5.74, 6) is -6.80. The fourth-order valence-electron chi connectivity index (χ4n) is 12.3. The minimum absolute atomic E-state index is 0.0275. The maximum absolute atomic E-state index is 13.6. The third kappa shape index (κ3) is 43.0. The monoisotopic (exact) mass is 1780 g/mol. The number of carbonyl (C=O) groups is 8. The summed E-state index contributed by atoms with van der Waals surface area (Å²) in [4.78, 5) is 105. The van der Waals surface area contributed by atoms with E-state index in [1.165, 1.54) is 0 Å². The summed E-state index contributed by atoms with van der Waals surface area (Å²) in [7, 11) is -1.54. The first-order chi connectivity index (χ1) is 55.4. The number of nitrogens with two attached hydrogens (primary N) is 1. The van der Waals surface area contributed by atoms with Gasteiger partial charge < -0.3 is 73.3 Å². The molecule has 5 fully saturated rings. The van der Waals surface area contributed by atoms with E-state index in [4.69, 9.17) is 38.6 Å². The normalized spacial score (nSPS) is 21.2. The lowest BCUT2D eigenvalue weighted by Gasteiger charge is -2.41. The Labute approximate surface area is 713 Å². The Balaban J connectivity index is 0.000000500. The number of carbonyl (C=O) groups excluding carboxylic acids is 8. The van der Waals surface area contributed by atoms with E-state index in [-0.39, 0.29) is 87.6 Å². The molecule has 0 saturated carbocycles. The maximum Gasteiger partial charge on any atom is 0.410 e. The molecule has 5 saturated heterocycles. The number of hydrogen-bond acceptors (Lipinski definition) is 18. The van der Waals surface area contributed by atoms with Gasteiger partial charge in [-0.2, -0.15) is 52.7 Å². The van der Waals surface area contributed by atoms with E-state index in [1.54, 1.807) is 99.8 Å². The minimum atomic E-state index is -4.61. The first kappa shape index (κ1) is 110. The number of rotatable bonds is 7. The van der Waals surface area contributed by atoms with Crippen LogP contribution in [0.5, 0.6) is 0 Å². The third-order valence-corrected chi connectivity index (χ3v) is 18.9. The van der Waals surface area contributed by atoms with Crippen LogP contribution in [0.4, 0.5) is 81.5 Å². The maximum atomic E-state index is 13.6. The van der Waals surface area contributed by atoms with Gasteiger partial charge in [0.15, 0.2) is 0 Å². The quantitative estimate of drug-likeness (QED) is 0.148. The van der Waals surface area contributed by atoms with E-state index in [2.05, 4.69) is 30.0 Å². The van der Waals surface area contributed by atoms with Gasteiger partial charge in [-0.3, -0.25) is 14.6 Å². The number of piperidine rings is 5. The van der Waals surface area contributed by atoms with Crippen molar-refractivity contribution >= 4 is 62.2 Å². The summed E-state index contributed by atoms with van der Waals surface area (Å²) in [5, 5.41) is 3.10. The van der Waals surface area contributed by atoms with Gasteiger partial charge in [0.05, 0.1) is 23.6 Å². The predicted octanol–water partition coefficient (Wildman–Crippen LogP) is 20.0. The van der Waals surface area contributed by atoms with Crippen molar-refractivity contribution < 1.29 is 124 Å². The van der Waals surface area contributed by atoms with Crippen LogP contribution in [0.15, 0.2) is 77.5 Å². The molecule has 6 aliphatic heterocycles. The van der Waals surface area contributed by atoms with Gasteiger partial charge in [-0.1, -0.05) is 74.5 Å². The molecule has 2 aromatic rings. The van der Waals surface area contributed by atoms with Crippen LogP contribution in [0, 0.1) is 23.7 Å². The van der Waals surface area contributed by atoms with Gasteiger partial charge in [0, 0.05) is 134 Å². The molecule has 6 amide bonds. The zero-order valence-corrected chi connectivity index (χ0v) is 76.8. The molecule has 24 nitrogen and oxygen atoms in total. The van der Waals surface area contributed by atoms with Crippen LogP contribution in [0.3, 0.4) is 0 Å². The fourth-order valence-corrected chi connectivity index (χ4v) is 13.3. The molecular weight excluding hydrogens is 1640 g/mol. The van der Waals surface area contributed by atoms with Crippen molar-refractivity contribution in [2.45, 2.75) is 299 Å². The number of hydrogen-bond donors (Lipinski definition) is 2. The molecule has 122 heavy (non-hydrogen) atoms. The second-order valence-electron chi connectivity index (χ2n) is 37.1.